The first kappa shape index (κ1) is 43.0. The van der Waals surface area contributed by atoms with Gasteiger partial charge in [-0.3, -0.25) is 0 Å². The monoisotopic (exact) mass is 676 g/mol. The van der Waals surface area contributed by atoms with Crippen LogP contribution in [0.25, 0.3) is 0 Å². The van der Waals surface area contributed by atoms with Crippen LogP contribution in [0.1, 0.15) is 130 Å². The smallest absolute Gasteiger partial charge is 0.0752 e. The van der Waals surface area contributed by atoms with Gasteiger partial charge in [0.1, 0.15) is 0 Å². The van der Waals surface area contributed by atoms with E-state index in [0.717, 1.165) is 82.0 Å². The van der Waals surface area contributed by atoms with E-state index in [-0.39, 0.29) is 11.6 Å². The lowest BCUT2D eigenvalue weighted by Gasteiger charge is -2.50. The molecular weight excluding hydrogens is 599 g/mol. The highest BCUT2D eigenvalue weighted by Gasteiger charge is 2.44. The SMILES string of the molecule is C=C(C)/C1=C/C(=C)N(CC2C(C)CC2C(O)/C=C/CCN(CC)CC2CCC2)CC2(CCCc3cc(C)ccc32)NCC1.CC.CC.CC. The molecule has 1 aliphatic heterocycles. The Morgan fingerprint density at radius 1 is 1.12 bits per heavy atom. The summed E-state index contributed by atoms with van der Waals surface area (Å²) in [5, 5.41) is 15.4. The molecule has 1 spiro atoms. The minimum absolute atomic E-state index is 0.0891. The first-order valence-corrected chi connectivity index (χ1v) is 20.4. The average Bonchev–Trinajstić information content (AvgIpc) is 3.15. The summed E-state index contributed by atoms with van der Waals surface area (Å²) >= 11 is 0. The van der Waals surface area contributed by atoms with Crippen LogP contribution in [0.15, 0.2) is 66.4 Å². The topological polar surface area (TPSA) is 38.7 Å². The lowest BCUT2D eigenvalue weighted by atomic mass is 9.63. The summed E-state index contributed by atoms with van der Waals surface area (Å²) < 4.78 is 0. The van der Waals surface area contributed by atoms with Crippen molar-refractivity contribution in [1.82, 2.24) is 15.1 Å². The Morgan fingerprint density at radius 2 is 1.84 bits per heavy atom. The number of fused-ring (bicyclic) bond motifs is 2. The molecule has 5 atom stereocenters. The van der Waals surface area contributed by atoms with Crippen molar-refractivity contribution < 1.29 is 5.11 Å². The van der Waals surface area contributed by atoms with Crippen LogP contribution in [0, 0.1) is 30.6 Å². The normalized spacial score (nSPS) is 26.9. The van der Waals surface area contributed by atoms with Crippen molar-refractivity contribution in [2.75, 3.05) is 39.3 Å². The third-order valence-electron chi connectivity index (χ3n) is 11.4. The van der Waals surface area contributed by atoms with E-state index < -0.39 is 0 Å². The Morgan fingerprint density at radius 3 is 2.45 bits per heavy atom. The predicted molar refractivity (Wildman–Crippen MR) is 216 cm³/mol. The zero-order valence-corrected chi connectivity index (χ0v) is 33.7. The van der Waals surface area contributed by atoms with Crippen LogP contribution < -0.4 is 5.32 Å². The number of benzene rings is 1. The van der Waals surface area contributed by atoms with Crippen molar-refractivity contribution in [2.24, 2.45) is 23.7 Å². The molecule has 0 amide bonds. The molecule has 1 aromatic rings. The minimum atomic E-state index is -0.374. The van der Waals surface area contributed by atoms with E-state index in [2.05, 4.69) is 92.4 Å². The minimum Gasteiger partial charge on any atom is -0.389 e. The van der Waals surface area contributed by atoms with E-state index >= 15 is 0 Å². The molecule has 2 fully saturated rings. The molecule has 5 unspecified atom stereocenters. The molecule has 3 aliphatic carbocycles. The molecule has 4 aliphatic rings. The van der Waals surface area contributed by atoms with Gasteiger partial charge in [-0.25, -0.2) is 0 Å². The molecule has 1 aromatic carbocycles. The van der Waals surface area contributed by atoms with Gasteiger partial charge >= 0.3 is 0 Å². The molecule has 2 saturated carbocycles. The quantitative estimate of drug-likeness (QED) is 0.229. The standard InChI is InChI=1S/C39H59N3O.3C2H6/c1-7-41(25-32-12-10-13-32)21-9-8-15-38(43)35-23-30(5)36(35)26-42-27-39(40-20-18-33(28(2)3)24-31(42)6)19-11-14-34-22-29(4)16-17-37(34)39;3*1-2/h8,15-17,22,24,30,32,35-36,38,40,43H,2,6-7,9-14,18-21,23,25-27H2,1,3-5H3;3*1-2H3/b15-8+,33-24+;;;. The Balaban J connectivity index is 0.00000132. The molecule has 2 N–H and O–H groups in total. The fourth-order valence-corrected chi connectivity index (χ4v) is 8.28. The van der Waals surface area contributed by atoms with E-state index in [1.807, 2.05) is 41.5 Å². The molecular formula is C45H77N3O. The number of aryl methyl sites for hydroxylation is 2. The van der Waals surface area contributed by atoms with E-state index in [4.69, 9.17) is 0 Å². The van der Waals surface area contributed by atoms with E-state index in [0.29, 0.717) is 17.8 Å². The second-order valence-corrected chi connectivity index (χ2v) is 14.5. The molecule has 0 radical (unpaired) electrons. The van der Waals surface area contributed by atoms with Gasteiger partial charge in [0.25, 0.3) is 0 Å². The molecule has 5 rings (SSSR count). The summed E-state index contributed by atoms with van der Waals surface area (Å²) in [6, 6.07) is 7.08. The fraction of sp³-hybridized carbons (Fsp3) is 0.689. The Kier molecular flexibility index (Phi) is 19.3. The first-order chi connectivity index (χ1) is 23.7. The maximum atomic E-state index is 11.3. The zero-order chi connectivity index (χ0) is 36.6. The van der Waals surface area contributed by atoms with Crippen molar-refractivity contribution in [2.45, 2.75) is 139 Å². The van der Waals surface area contributed by atoms with Crippen molar-refractivity contribution in [3.63, 3.8) is 0 Å². The number of hydrogen-bond donors (Lipinski definition) is 2. The molecule has 0 aromatic heterocycles. The highest BCUT2D eigenvalue weighted by atomic mass is 16.3. The van der Waals surface area contributed by atoms with Gasteiger partial charge in [-0.15, -0.1) is 0 Å². The number of hydrogen-bond acceptors (Lipinski definition) is 4. The van der Waals surface area contributed by atoms with Gasteiger partial charge in [0.15, 0.2) is 0 Å². The molecule has 0 saturated heterocycles. The summed E-state index contributed by atoms with van der Waals surface area (Å²) in [4.78, 5) is 5.14. The van der Waals surface area contributed by atoms with Crippen LogP contribution in [-0.2, 0) is 12.0 Å². The number of nitrogens with one attached hydrogen (secondary N) is 1. The van der Waals surface area contributed by atoms with Crippen LogP contribution in [0.2, 0.25) is 0 Å². The molecule has 1 heterocycles. The number of nitrogens with zero attached hydrogens (tertiary/aromatic N) is 2. The summed E-state index contributed by atoms with van der Waals surface area (Å²) in [6.07, 6.45) is 17.1. The molecule has 278 valence electrons. The van der Waals surface area contributed by atoms with Gasteiger partial charge in [-0.2, -0.15) is 0 Å². The van der Waals surface area contributed by atoms with Gasteiger partial charge in [0.2, 0.25) is 0 Å². The van der Waals surface area contributed by atoms with Gasteiger partial charge < -0.3 is 20.2 Å². The lowest BCUT2D eigenvalue weighted by molar-refractivity contribution is -0.0210. The Hall–Kier alpha value is -2.14. The van der Waals surface area contributed by atoms with Crippen molar-refractivity contribution in [3.05, 3.63) is 83.1 Å². The van der Waals surface area contributed by atoms with Crippen LogP contribution in [0.3, 0.4) is 0 Å². The fourth-order valence-electron chi connectivity index (χ4n) is 8.28. The first-order valence-electron chi connectivity index (χ1n) is 20.4. The van der Waals surface area contributed by atoms with E-state index in [1.165, 1.54) is 54.5 Å². The summed E-state index contributed by atoms with van der Waals surface area (Å²) in [5.41, 5.74) is 7.74. The van der Waals surface area contributed by atoms with Gasteiger partial charge in [-0.05, 0) is 118 Å². The Bertz CT molecular complexity index is 1200. The number of aliphatic hydroxyl groups is 1. The molecule has 4 nitrogen and oxygen atoms in total. The average molecular weight is 676 g/mol. The maximum absolute atomic E-state index is 11.3. The van der Waals surface area contributed by atoms with Crippen molar-refractivity contribution >= 4 is 0 Å². The number of rotatable bonds is 11. The van der Waals surface area contributed by atoms with E-state index in [9.17, 15) is 5.11 Å². The lowest BCUT2D eigenvalue weighted by Crippen LogP contribution is -2.55. The van der Waals surface area contributed by atoms with Crippen molar-refractivity contribution in [1.29, 1.82) is 0 Å². The molecule has 49 heavy (non-hydrogen) atoms. The van der Waals surface area contributed by atoms with Crippen LogP contribution in [0.4, 0.5) is 0 Å². The summed E-state index contributed by atoms with van der Waals surface area (Å²) in [7, 11) is 0. The summed E-state index contributed by atoms with van der Waals surface area (Å²) in [6.45, 7) is 36.2. The number of allylic oxidation sites excluding steroid dienone is 2. The van der Waals surface area contributed by atoms with Gasteiger partial charge in [0, 0.05) is 38.4 Å². The predicted octanol–water partition coefficient (Wildman–Crippen LogP) is 10.6. The molecule has 0 bridgehead atoms. The highest BCUT2D eigenvalue weighted by Crippen LogP contribution is 2.45. The maximum Gasteiger partial charge on any atom is 0.0752 e. The van der Waals surface area contributed by atoms with Crippen LogP contribution in [0.5, 0.6) is 0 Å². The third kappa shape index (κ3) is 11.7. The van der Waals surface area contributed by atoms with Crippen LogP contribution in [-0.4, -0.2) is 60.3 Å². The highest BCUT2D eigenvalue weighted by molar-refractivity contribution is 5.41. The largest absolute Gasteiger partial charge is 0.389 e. The molecule has 4 heteroatoms. The number of aliphatic hydroxyl groups excluding tert-OH is 1. The zero-order valence-electron chi connectivity index (χ0n) is 33.7. The van der Waals surface area contributed by atoms with Gasteiger partial charge in [0.05, 0.1) is 11.6 Å². The Labute approximate surface area is 304 Å². The summed E-state index contributed by atoms with van der Waals surface area (Å²) in [5.74, 6) is 2.26. The van der Waals surface area contributed by atoms with E-state index in [1.54, 1.807) is 0 Å². The van der Waals surface area contributed by atoms with Crippen LogP contribution >= 0.6 is 0 Å². The second kappa shape index (κ2) is 21.9. The van der Waals surface area contributed by atoms with Gasteiger partial charge in [-0.1, -0.05) is 116 Å². The second-order valence-electron chi connectivity index (χ2n) is 14.5. The van der Waals surface area contributed by atoms with Crippen molar-refractivity contribution in [3.8, 4) is 0 Å². The third-order valence-corrected chi connectivity index (χ3v) is 11.4.